The van der Waals surface area contributed by atoms with Crippen LogP contribution < -0.4 is 10.6 Å². The Morgan fingerprint density at radius 1 is 1.07 bits per heavy atom. The third-order valence-corrected chi connectivity index (χ3v) is 5.20. The number of hydrogen-bond acceptors (Lipinski definition) is 3. The van der Waals surface area contributed by atoms with Gasteiger partial charge in [0.25, 0.3) is 0 Å². The zero-order valence-electron chi connectivity index (χ0n) is 17.1. The zero-order valence-corrected chi connectivity index (χ0v) is 19.4. The van der Waals surface area contributed by atoms with Crippen LogP contribution in [0.4, 0.5) is 0 Å². The fourth-order valence-corrected chi connectivity index (χ4v) is 3.45. The molecule has 5 nitrogen and oxygen atoms in total. The highest BCUT2D eigenvalue weighted by molar-refractivity contribution is 14.0. The second kappa shape index (κ2) is 13.3. The van der Waals surface area contributed by atoms with E-state index in [1.807, 2.05) is 0 Å². The lowest BCUT2D eigenvalue weighted by molar-refractivity contribution is 0.120. The van der Waals surface area contributed by atoms with E-state index in [1.54, 1.807) is 0 Å². The number of nitrogens with one attached hydrogen (secondary N) is 2. The average Bonchev–Trinajstić information content (AvgIpc) is 2.67. The molecule has 0 unspecified atom stereocenters. The highest BCUT2D eigenvalue weighted by Gasteiger charge is 2.20. The van der Waals surface area contributed by atoms with Gasteiger partial charge in [0.2, 0.25) is 0 Å². The van der Waals surface area contributed by atoms with E-state index in [9.17, 15) is 5.11 Å². The molecule has 1 aromatic rings. The Balaban J connectivity index is 0.00000364. The predicted octanol–water partition coefficient (Wildman–Crippen LogP) is 3.51. The number of hydrogen-bond donors (Lipinski definition) is 3. The summed E-state index contributed by atoms with van der Waals surface area (Å²) in [5.41, 5.74) is 2.65. The smallest absolute Gasteiger partial charge is 0.191 e. The first-order valence-corrected chi connectivity index (χ1v) is 10.2. The van der Waals surface area contributed by atoms with Gasteiger partial charge in [0.15, 0.2) is 5.96 Å². The van der Waals surface area contributed by atoms with Gasteiger partial charge in [-0.05, 0) is 56.8 Å². The first-order valence-electron chi connectivity index (χ1n) is 10.2. The first-order chi connectivity index (χ1) is 12.7. The second-order valence-corrected chi connectivity index (χ2v) is 7.08. The Kier molecular flexibility index (Phi) is 11.9. The van der Waals surface area contributed by atoms with Crippen molar-refractivity contribution in [2.75, 3.05) is 19.6 Å². The Bertz CT molecular complexity index is 555. The quantitative estimate of drug-likeness (QED) is 0.298. The van der Waals surface area contributed by atoms with Crippen molar-refractivity contribution >= 4 is 29.9 Å². The van der Waals surface area contributed by atoms with E-state index in [0.717, 1.165) is 57.8 Å². The normalized spacial score (nSPS) is 20.3. The van der Waals surface area contributed by atoms with Gasteiger partial charge >= 0.3 is 0 Å². The van der Waals surface area contributed by atoms with Crippen molar-refractivity contribution in [3.05, 3.63) is 35.4 Å². The molecule has 1 aliphatic rings. The number of aliphatic hydroxyl groups excluding tert-OH is 1. The Morgan fingerprint density at radius 2 is 1.70 bits per heavy atom. The fourth-order valence-electron chi connectivity index (χ4n) is 3.45. The highest BCUT2D eigenvalue weighted by atomic mass is 127. The molecule has 0 bridgehead atoms. The van der Waals surface area contributed by atoms with Gasteiger partial charge in [-0.15, -0.1) is 24.0 Å². The van der Waals surface area contributed by atoms with E-state index >= 15 is 0 Å². The molecule has 154 valence electrons. The summed E-state index contributed by atoms with van der Waals surface area (Å²) in [6.45, 7) is 11.1. The Morgan fingerprint density at radius 3 is 2.30 bits per heavy atom. The molecular formula is C21H37IN4O. The van der Waals surface area contributed by atoms with Crippen LogP contribution in [0.1, 0.15) is 57.6 Å². The van der Waals surface area contributed by atoms with Crippen LogP contribution >= 0.6 is 24.0 Å². The molecule has 0 aliphatic heterocycles. The molecule has 1 saturated carbocycles. The average molecular weight is 488 g/mol. The summed E-state index contributed by atoms with van der Waals surface area (Å²) in [6, 6.07) is 9.01. The summed E-state index contributed by atoms with van der Waals surface area (Å²) in [6.07, 6.45) is 3.64. The van der Waals surface area contributed by atoms with Gasteiger partial charge in [-0.3, -0.25) is 4.90 Å². The zero-order chi connectivity index (χ0) is 18.8. The highest BCUT2D eigenvalue weighted by Crippen LogP contribution is 2.18. The summed E-state index contributed by atoms with van der Waals surface area (Å²) in [5, 5.41) is 16.6. The minimum atomic E-state index is -0.125. The van der Waals surface area contributed by atoms with Gasteiger partial charge in [0, 0.05) is 19.1 Å². The molecule has 0 heterocycles. The lowest BCUT2D eigenvalue weighted by Gasteiger charge is -2.27. The van der Waals surface area contributed by atoms with Crippen LogP contribution in [-0.2, 0) is 13.1 Å². The molecule has 0 radical (unpaired) electrons. The maximum Gasteiger partial charge on any atom is 0.191 e. The van der Waals surface area contributed by atoms with Crippen LogP contribution in [0, 0.1) is 0 Å². The van der Waals surface area contributed by atoms with Gasteiger partial charge in [0.1, 0.15) is 0 Å². The molecule has 3 N–H and O–H groups in total. The molecule has 1 aromatic carbocycles. The summed E-state index contributed by atoms with van der Waals surface area (Å²) < 4.78 is 0. The third kappa shape index (κ3) is 8.35. The fraction of sp³-hybridized carbons (Fsp3) is 0.667. The Hall–Kier alpha value is -0.860. The summed E-state index contributed by atoms with van der Waals surface area (Å²) >= 11 is 0. The summed E-state index contributed by atoms with van der Waals surface area (Å²) in [7, 11) is 0. The second-order valence-electron chi connectivity index (χ2n) is 7.08. The van der Waals surface area contributed by atoms with E-state index in [1.165, 1.54) is 11.1 Å². The third-order valence-electron chi connectivity index (χ3n) is 5.20. The number of aliphatic imine (C=N–C) groups is 1. The number of halogens is 1. The number of guanidine groups is 1. The van der Waals surface area contributed by atoms with Crippen LogP contribution in [-0.4, -0.2) is 47.7 Å². The molecule has 27 heavy (non-hydrogen) atoms. The van der Waals surface area contributed by atoms with Gasteiger partial charge in [0.05, 0.1) is 12.6 Å². The molecule has 0 saturated heterocycles. The SMILES string of the molecule is CCNC(=NCc1ccccc1CN(CC)CC)NC1CCC(O)CC1.I. The molecule has 1 fully saturated rings. The minimum Gasteiger partial charge on any atom is -0.393 e. The van der Waals surface area contributed by atoms with E-state index in [2.05, 4.69) is 60.6 Å². The molecule has 0 amide bonds. The van der Waals surface area contributed by atoms with Crippen LogP contribution in [0.2, 0.25) is 0 Å². The van der Waals surface area contributed by atoms with Crippen LogP contribution in [0.5, 0.6) is 0 Å². The van der Waals surface area contributed by atoms with Crippen molar-refractivity contribution < 1.29 is 5.11 Å². The lowest BCUT2D eigenvalue weighted by atomic mass is 9.93. The van der Waals surface area contributed by atoms with Gasteiger partial charge in [-0.1, -0.05) is 38.1 Å². The van der Waals surface area contributed by atoms with Crippen LogP contribution in [0.3, 0.4) is 0 Å². The molecular weight excluding hydrogens is 451 g/mol. The van der Waals surface area contributed by atoms with Gasteiger partial charge in [-0.25, -0.2) is 4.99 Å². The monoisotopic (exact) mass is 488 g/mol. The van der Waals surface area contributed by atoms with E-state index in [-0.39, 0.29) is 30.1 Å². The van der Waals surface area contributed by atoms with Crippen molar-refractivity contribution in [3.63, 3.8) is 0 Å². The topological polar surface area (TPSA) is 59.9 Å². The van der Waals surface area contributed by atoms with Crippen molar-refractivity contribution in [1.29, 1.82) is 0 Å². The maximum absolute atomic E-state index is 9.68. The number of rotatable bonds is 8. The molecule has 2 rings (SSSR count). The van der Waals surface area contributed by atoms with E-state index in [4.69, 9.17) is 4.99 Å². The summed E-state index contributed by atoms with van der Waals surface area (Å²) in [4.78, 5) is 7.26. The number of aliphatic hydroxyl groups is 1. The Labute approximate surface area is 182 Å². The van der Waals surface area contributed by atoms with Crippen molar-refractivity contribution in [2.24, 2.45) is 4.99 Å². The molecule has 0 atom stereocenters. The van der Waals surface area contributed by atoms with Crippen molar-refractivity contribution in [2.45, 2.75) is 71.7 Å². The summed E-state index contributed by atoms with van der Waals surface area (Å²) in [5.74, 6) is 0.881. The maximum atomic E-state index is 9.68. The molecule has 6 heteroatoms. The molecule has 0 aromatic heterocycles. The lowest BCUT2D eigenvalue weighted by Crippen LogP contribution is -2.45. The van der Waals surface area contributed by atoms with Crippen LogP contribution in [0.15, 0.2) is 29.3 Å². The van der Waals surface area contributed by atoms with Crippen LogP contribution in [0.25, 0.3) is 0 Å². The van der Waals surface area contributed by atoms with E-state index in [0.29, 0.717) is 12.6 Å². The van der Waals surface area contributed by atoms with Crippen molar-refractivity contribution in [1.82, 2.24) is 15.5 Å². The van der Waals surface area contributed by atoms with Gasteiger partial charge < -0.3 is 15.7 Å². The minimum absolute atomic E-state index is 0. The van der Waals surface area contributed by atoms with E-state index < -0.39 is 0 Å². The predicted molar refractivity (Wildman–Crippen MR) is 125 cm³/mol. The number of benzene rings is 1. The standard InChI is InChI=1S/C21H36N4O.HI/c1-4-22-21(24-19-11-13-20(26)14-12-19)23-15-17-9-7-8-10-18(17)16-25(5-2)6-3;/h7-10,19-20,26H,4-6,11-16H2,1-3H3,(H2,22,23,24);1H. The molecule has 1 aliphatic carbocycles. The number of nitrogens with zero attached hydrogens (tertiary/aromatic N) is 2. The van der Waals surface area contributed by atoms with Crippen molar-refractivity contribution in [3.8, 4) is 0 Å². The molecule has 0 spiro atoms. The first kappa shape index (κ1) is 24.2. The largest absolute Gasteiger partial charge is 0.393 e. The van der Waals surface area contributed by atoms with Gasteiger partial charge in [-0.2, -0.15) is 0 Å².